The van der Waals surface area contributed by atoms with Crippen molar-refractivity contribution in [2.24, 2.45) is 0 Å². The van der Waals surface area contributed by atoms with E-state index >= 15 is 0 Å². The van der Waals surface area contributed by atoms with E-state index in [-0.39, 0.29) is 12.2 Å². The molecule has 0 spiro atoms. The van der Waals surface area contributed by atoms with Gasteiger partial charge in [0.2, 0.25) is 0 Å². The molecule has 0 unspecified atom stereocenters. The molecule has 0 bridgehead atoms. The Labute approximate surface area is 96.4 Å². The number of hydrogen-bond donors (Lipinski definition) is 0. The Bertz CT molecular complexity index is 490. The molecule has 1 aliphatic rings. The number of likely N-dealkylation sites (N-methyl/N-ethyl adjacent to an activating group) is 1. The van der Waals surface area contributed by atoms with E-state index < -0.39 is 23.4 Å². The molecular weight excluding hydrogens is 230 g/mol. The third kappa shape index (κ3) is 1.98. The van der Waals surface area contributed by atoms with Gasteiger partial charge in [-0.3, -0.25) is 9.59 Å². The molecule has 6 heteroatoms. The zero-order chi connectivity index (χ0) is 12.6. The fourth-order valence-electron chi connectivity index (χ4n) is 1.63. The van der Waals surface area contributed by atoms with E-state index in [9.17, 15) is 18.4 Å². The third-order valence-electron chi connectivity index (χ3n) is 2.65. The molecule has 0 atom stereocenters. The Morgan fingerprint density at radius 1 is 1.06 bits per heavy atom. The number of carbonyl (C=O) groups excluding carboxylic acids is 2. The minimum Gasteiger partial charge on any atom is -0.336 e. The number of carbonyl (C=O) groups is 2. The smallest absolute Gasteiger partial charge is 0.316 e. The molecule has 0 radical (unpaired) electrons. The summed E-state index contributed by atoms with van der Waals surface area (Å²) in [5, 5.41) is 0. The number of rotatable bonds is 1. The lowest BCUT2D eigenvalue weighted by atomic mass is 10.2. The largest absolute Gasteiger partial charge is 0.336 e. The first-order valence-corrected chi connectivity index (χ1v) is 5.02. The summed E-state index contributed by atoms with van der Waals surface area (Å²) < 4.78 is 25.8. The average Bonchev–Trinajstić information content (AvgIpc) is 2.30. The normalized spacial score (nSPS) is 16.6. The van der Waals surface area contributed by atoms with Crippen LogP contribution in [0.1, 0.15) is 0 Å². The molecule has 2 amide bonds. The highest BCUT2D eigenvalue weighted by Gasteiger charge is 2.31. The van der Waals surface area contributed by atoms with Crippen LogP contribution in [0.2, 0.25) is 0 Å². The zero-order valence-electron chi connectivity index (χ0n) is 9.11. The molecule has 1 saturated heterocycles. The van der Waals surface area contributed by atoms with E-state index in [1.807, 2.05) is 0 Å². The Morgan fingerprint density at radius 2 is 1.76 bits per heavy atom. The van der Waals surface area contributed by atoms with Gasteiger partial charge in [-0.25, -0.2) is 8.78 Å². The van der Waals surface area contributed by atoms with Gasteiger partial charge in [0.15, 0.2) is 11.6 Å². The van der Waals surface area contributed by atoms with Gasteiger partial charge < -0.3 is 9.80 Å². The molecule has 17 heavy (non-hydrogen) atoms. The molecule has 0 aromatic heterocycles. The predicted molar refractivity (Wildman–Crippen MR) is 56.3 cm³/mol. The summed E-state index contributed by atoms with van der Waals surface area (Å²) in [5.74, 6) is -3.41. The average molecular weight is 240 g/mol. The minimum atomic E-state index is -1.04. The summed E-state index contributed by atoms with van der Waals surface area (Å²) in [7, 11) is 1.52. The maximum Gasteiger partial charge on any atom is 0.316 e. The van der Waals surface area contributed by atoms with E-state index in [0.29, 0.717) is 6.54 Å². The van der Waals surface area contributed by atoms with Crippen molar-refractivity contribution in [2.75, 3.05) is 25.0 Å². The molecule has 0 saturated carbocycles. The van der Waals surface area contributed by atoms with Crippen molar-refractivity contribution < 1.29 is 18.4 Å². The highest BCUT2D eigenvalue weighted by Crippen LogP contribution is 2.20. The number of piperazine rings is 1. The van der Waals surface area contributed by atoms with Crippen LogP contribution in [0.5, 0.6) is 0 Å². The number of anilines is 1. The van der Waals surface area contributed by atoms with Crippen LogP contribution in [0.15, 0.2) is 18.2 Å². The van der Waals surface area contributed by atoms with E-state index in [1.54, 1.807) is 0 Å². The van der Waals surface area contributed by atoms with Gasteiger partial charge in [0.1, 0.15) is 0 Å². The Balaban J connectivity index is 2.31. The van der Waals surface area contributed by atoms with Gasteiger partial charge in [-0.1, -0.05) is 0 Å². The highest BCUT2D eigenvalue weighted by molar-refractivity contribution is 6.40. The number of nitrogens with zero attached hydrogens (tertiary/aromatic N) is 2. The van der Waals surface area contributed by atoms with Crippen LogP contribution in [0, 0.1) is 11.6 Å². The second-order valence-corrected chi connectivity index (χ2v) is 3.78. The van der Waals surface area contributed by atoms with Gasteiger partial charge in [0.25, 0.3) is 0 Å². The molecule has 2 rings (SSSR count). The van der Waals surface area contributed by atoms with Crippen LogP contribution in [0.4, 0.5) is 14.5 Å². The van der Waals surface area contributed by atoms with E-state index in [0.717, 1.165) is 17.0 Å². The predicted octanol–water partition coefficient (Wildman–Crippen LogP) is 0.770. The quantitative estimate of drug-likeness (QED) is 0.680. The van der Waals surface area contributed by atoms with Gasteiger partial charge in [-0.05, 0) is 12.1 Å². The molecule has 90 valence electrons. The molecule has 0 N–H and O–H groups in total. The SMILES string of the molecule is CN1CCN(c2ccc(F)c(F)c2)C(=O)C1=O. The Kier molecular flexibility index (Phi) is 2.79. The molecule has 1 fully saturated rings. The van der Waals surface area contributed by atoms with E-state index in [2.05, 4.69) is 0 Å². The van der Waals surface area contributed by atoms with E-state index in [4.69, 9.17) is 0 Å². The number of amides is 2. The van der Waals surface area contributed by atoms with Gasteiger partial charge in [-0.15, -0.1) is 0 Å². The first-order chi connectivity index (χ1) is 8.00. The Morgan fingerprint density at radius 3 is 2.41 bits per heavy atom. The van der Waals surface area contributed by atoms with E-state index in [1.165, 1.54) is 18.0 Å². The first-order valence-electron chi connectivity index (χ1n) is 5.02. The summed E-state index contributed by atoms with van der Waals surface area (Å²) in [4.78, 5) is 25.5. The zero-order valence-corrected chi connectivity index (χ0v) is 9.11. The summed E-state index contributed by atoms with van der Waals surface area (Å²) in [6.07, 6.45) is 0. The summed E-state index contributed by atoms with van der Waals surface area (Å²) >= 11 is 0. The van der Waals surface area contributed by atoms with Crippen molar-refractivity contribution in [2.45, 2.75) is 0 Å². The fraction of sp³-hybridized carbons (Fsp3) is 0.273. The van der Waals surface area contributed by atoms with Gasteiger partial charge >= 0.3 is 11.8 Å². The summed E-state index contributed by atoms with van der Waals surface area (Å²) in [6.45, 7) is 0.635. The Hall–Kier alpha value is -1.98. The van der Waals surface area contributed by atoms with Crippen LogP contribution in [-0.4, -0.2) is 36.9 Å². The van der Waals surface area contributed by atoms with Crippen molar-refractivity contribution in [3.05, 3.63) is 29.8 Å². The first kappa shape index (κ1) is 11.5. The lowest BCUT2D eigenvalue weighted by molar-refractivity contribution is -0.145. The minimum absolute atomic E-state index is 0.190. The molecule has 1 heterocycles. The number of halogens is 2. The van der Waals surface area contributed by atoms with Gasteiger partial charge in [0.05, 0.1) is 0 Å². The fourth-order valence-corrected chi connectivity index (χ4v) is 1.63. The monoisotopic (exact) mass is 240 g/mol. The second-order valence-electron chi connectivity index (χ2n) is 3.78. The molecule has 1 aromatic carbocycles. The lowest BCUT2D eigenvalue weighted by Gasteiger charge is -2.31. The van der Waals surface area contributed by atoms with Crippen LogP contribution >= 0.6 is 0 Å². The molecular formula is C11H10F2N2O2. The molecule has 4 nitrogen and oxygen atoms in total. The summed E-state index contributed by atoms with van der Waals surface area (Å²) in [5.41, 5.74) is 0.190. The van der Waals surface area contributed by atoms with Crippen LogP contribution in [-0.2, 0) is 9.59 Å². The number of benzene rings is 1. The van der Waals surface area contributed by atoms with Crippen LogP contribution in [0.25, 0.3) is 0 Å². The molecule has 1 aromatic rings. The van der Waals surface area contributed by atoms with Crippen LogP contribution < -0.4 is 4.90 Å². The number of hydrogen-bond acceptors (Lipinski definition) is 2. The highest BCUT2D eigenvalue weighted by atomic mass is 19.2. The van der Waals surface area contributed by atoms with Gasteiger partial charge in [0, 0.05) is 31.9 Å². The second kappa shape index (κ2) is 4.12. The molecule has 0 aliphatic carbocycles. The maximum atomic E-state index is 13.0. The standard InChI is InChI=1S/C11H10F2N2O2/c1-14-4-5-15(11(17)10(14)16)7-2-3-8(12)9(13)6-7/h2-3,6H,4-5H2,1H3. The topological polar surface area (TPSA) is 40.6 Å². The summed E-state index contributed by atoms with van der Waals surface area (Å²) in [6, 6.07) is 3.11. The van der Waals surface area contributed by atoms with Crippen molar-refractivity contribution in [1.82, 2.24) is 4.90 Å². The van der Waals surface area contributed by atoms with Crippen molar-refractivity contribution in [3.63, 3.8) is 0 Å². The van der Waals surface area contributed by atoms with Gasteiger partial charge in [-0.2, -0.15) is 0 Å². The molecule has 1 aliphatic heterocycles. The van der Waals surface area contributed by atoms with Crippen molar-refractivity contribution in [1.29, 1.82) is 0 Å². The lowest BCUT2D eigenvalue weighted by Crippen LogP contribution is -2.53. The maximum absolute atomic E-state index is 13.0. The van der Waals surface area contributed by atoms with Crippen molar-refractivity contribution in [3.8, 4) is 0 Å². The van der Waals surface area contributed by atoms with Crippen molar-refractivity contribution >= 4 is 17.5 Å². The third-order valence-corrected chi connectivity index (χ3v) is 2.65. The van der Waals surface area contributed by atoms with Crippen LogP contribution in [0.3, 0.4) is 0 Å².